The predicted octanol–water partition coefficient (Wildman–Crippen LogP) is 3.83. The van der Waals surface area contributed by atoms with E-state index < -0.39 is 17.3 Å². The molecule has 0 bridgehead atoms. The zero-order chi connectivity index (χ0) is 18.9. The topological polar surface area (TPSA) is 71.5 Å². The van der Waals surface area contributed by atoms with Gasteiger partial charge in [-0.15, -0.1) is 0 Å². The number of anilines is 1. The summed E-state index contributed by atoms with van der Waals surface area (Å²) in [5.41, 5.74) is 0.549. The minimum atomic E-state index is -0.546. The fourth-order valence-electron chi connectivity index (χ4n) is 2.53. The lowest BCUT2D eigenvalue weighted by Crippen LogP contribution is -2.39. The summed E-state index contributed by atoms with van der Waals surface area (Å²) in [6.45, 7) is 6.40. The molecule has 0 spiro atoms. The van der Waals surface area contributed by atoms with Crippen molar-refractivity contribution < 1.29 is 18.7 Å². The van der Waals surface area contributed by atoms with E-state index in [1.807, 2.05) is 20.8 Å². The molecule has 3 rings (SSSR count). The molecule has 1 N–H and O–H groups in total. The minimum absolute atomic E-state index is 0.230. The standard InChI is InChI=1S/C18H20FN3O3S/c1-18(2,3)25-17(24)22-8-7-13-14(10-22)26-16(20-13)21-15(23)11-5-4-6-12(19)9-11/h4-6,9H,7-8,10H2,1-3H3,(H,20,21,23). The number of benzene rings is 1. The molecule has 6 nitrogen and oxygen atoms in total. The molecule has 0 radical (unpaired) electrons. The highest BCUT2D eigenvalue weighted by molar-refractivity contribution is 7.15. The van der Waals surface area contributed by atoms with Gasteiger partial charge in [0.1, 0.15) is 11.4 Å². The Morgan fingerprint density at radius 2 is 2.12 bits per heavy atom. The second kappa shape index (κ2) is 7.03. The summed E-state index contributed by atoms with van der Waals surface area (Å²) in [5.74, 6) is -0.885. The Kier molecular flexibility index (Phi) is 4.95. The van der Waals surface area contributed by atoms with E-state index in [9.17, 15) is 14.0 Å². The van der Waals surface area contributed by atoms with Crippen molar-refractivity contribution in [2.75, 3.05) is 11.9 Å². The van der Waals surface area contributed by atoms with Gasteiger partial charge in [-0.05, 0) is 39.0 Å². The van der Waals surface area contributed by atoms with Gasteiger partial charge in [0.25, 0.3) is 5.91 Å². The van der Waals surface area contributed by atoms with Gasteiger partial charge in [0, 0.05) is 23.4 Å². The van der Waals surface area contributed by atoms with Gasteiger partial charge in [-0.1, -0.05) is 17.4 Å². The first-order valence-electron chi connectivity index (χ1n) is 8.25. The summed E-state index contributed by atoms with van der Waals surface area (Å²) in [7, 11) is 0. The van der Waals surface area contributed by atoms with Gasteiger partial charge < -0.3 is 9.64 Å². The molecule has 0 atom stereocenters. The van der Waals surface area contributed by atoms with E-state index >= 15 is 0 Å². The quantitative estimate of drug-likeness (QED) is 0.863. The smallest absolute Gasteiger partial charge is 0.410 e. The van der Waals surface area contributed by atoms with Crippen LogP contribution in [0.4, 0.5) is 14.3 Å². The first-order chi connectivity index (χ1) is 12.2. The molecule has 2 heterocycles. The maximum Gasteiger partial charge on any atom is 0.410 e. The summed E-state index contributed by atoms with van der Waals surface area (Å²) < 4.78 is 18.6. The number of amides is 2. The van der Waals surface area contributed by atoms with Crippen LogP contribution < -0.4 is 5.32 Å². The molecule has 0 saturated carbocycles. The molecule has 138 valence electrons. The van der Waals surface area contributed by atoms with E-state index in [1.165, 1.54) is 35.6 Å². The molecule has 0 unspecified atom stereocenters. The van der Waals surface area contributed by atoms with Gasteiger partial charge in [0.15, 0.2) is 5.13 Å². The van der Waals surface area contributed by atoms with Crippen molar-refractivity contribution in [2.24, 2.45) is 0 Å². The summed E-state index contributed by atoms with van der Waals surface area (Å²) in [6, 6.07) is 5.48. The number of aromatic nitrogens is 1. The average Bonchev–Trinajstić information content (AvgIpc) is 2.94. The van der Waals surface area contributed by atoms with E-state index in [-0.39, 0.29) is 11.7 Å². The van der Waals surface area contributed by atoms with E-state index in [4.69, 9.17) is 4.74 Å². The Morgan fingerprint density at radius 1 is 1.35 bits per heavy atom. The van der Waals surface area contributed by atoms with Gasteiger partial charge in [0.05, 0.1) is 12.2 Å². The number of nitrogens with one attached hydrogen (secondary N) is 1. The molecule has 0 aliphatic carbocycles. The largest absolute Gasteiger partial charge is 0.444 e. The SMILES string of the molecule is CC(C)(C)OC(=O)N1CCc2nc(NC(=O)c3cccc(F)c3)sc2C1. The van der Waals surface area contributed by atoms with Crippen molar-refractivity contribution >= 4 is 28.5 Å². The number of carbonyl (C=O) groups is 2. The highest BCUT2D eigenvalue weighted by atomic mass is 32.1. The maximum atomic E-state index is 13.2. The Balaban J connectivity index is 1.68. The number of nitrogens with zero attached hydrogens (tertiary/aromatic N) is 2. The van der Waals surface area contributed by atoms with Gasteiger partial charge in [-0.3, -0.25) is 10.1 Å². The number of fused-ring (bicyclic) bond motifs is 1. The first-order valence-corrected chi connectivity index (χ1v) is 9.06. The van der Waals surface area contributed by atoms with Crippen molar-refractivity contribution in [2.45, 2.75) is 39.3 Å². The Bertz CT molecular complexity index is 844. The third kappa shape index (κ3) is 4.37. The fraction of sp³-hybridized carbons (Fsp3) is 0.389. The lowest BCUT2D eigenvalue weighted by atomic mass is 10.2. The zero-order valence-corrected chi connectivity index (χ0v) is 15.7. The highest BCUT2D eigenvalue weighted by Gasteiger charge is 2.28. The van der Waals surface area contributed by atoms with Crippen molar-refractivity contribution in [3.8, 4) is 0 Å². The summed E-state index contributed by atoms with van der Waals surface area (Å²) >= 11 is 1.32. The second-order valence-electron chi connectivity index (χ2n) is 7.01. The van der Waals surface area contributed by atoms with Gasteiger partial charge in [-0.25, -0.2) is 14.2 Å². The lowest BCUT2D eigenvalue weighted by Gasteiger charge is -2.29. The monoisotopic (exact) mass is 377 g/mol. The number of hydrogen-bond donors (Lipinski definition) is 1. The van der Waals surface area contributed by atoms with Crippen LogP contribution in [-0.2, 0) is 17.7 Å². The number of thiazole rings is 1. The molecule has 0 saturated heterocycles. The molecule has 1 aliphatic heterocycles. The molecule has 2 amide bonds. The lowest BCUT2D eigenvalue weighted by molar-refractivity contribution is 0.0225. The molecule has 0 fully saturated rings. The van der Waals surface area contributed by atoms with Crippen molar-refractivity contribution in [3.63, 3.8) is 0 Å². The molecule has 2 aromatic rings. The molecular weight excluding hydrogens is 357 g/mol. The number of hydrogen-bond acceptors (Lipinski definition) is 5. The van der Waals surface area contributed by atoms with Crippen LogP contribution in [0.15, 0.2) is 24.3 Å². The predicted molar refractivity (Wildman–Crippen MR) is 96.8 cm³/mol. The van der Waals surface area contributed by atoms with Crippen LogP contribution in [0, 0.1) is 5.82 Å². The van der Waals surface area contributed by atoms with Gasteiger partial charge >= 0.3 is 6.09 Å². The Hall–Kier alpha value is -2.48. The zero-order valence-electron chi connectivity index (χ0n) is 14.8. The van der Waals surface area contributed by atoms with E-state index in [2.05, 4.69) is 10.3 Å². The number of rotatable bonds is 2. The van der Waals surface area contributed by atoms with Crippen molar-refractivity contribution in [3.05, 3.63) is 46.2 Å². The molecule has 26 heavy (non-hydrogen) atoms. The summed E-state index contributed by atoms with van der Waals surface area (Å²) in [4.78, 5) is 31.4. The van der Waals surface area contributed by atoms with Crippen molar-refractivity contribution in [1.29, 1.82) is 0 Å². The third-order valence-electron chi connectivity index (χ3n) is 3.69. The fourth-order valence-corrected chi connectivity index (χ4v) is 3.55. The second-order valence-corrected chi connectivity index (χ2v) is 8.09. The first kappa shape index (κ1) is 18.3. The molecule has 1 aromatic heterocycles. The maximum absolute atomic E-state index is 13.2. The summed E-state index contributed by atoms with van der Waals surface area (Å²) in [6.07, 6.45) is 0.239. The highest BCUT2D eigenvalue weighted by Crippen LogP contribution is 2.29. The Morgan fingerprint density at radius 3 is 2.81 bits per heavy atom. The van der Waals surface area contributed by atoms with E-state index in [0.29, 0.717) is 24.6 Å². The van der Waals surface area contributed by atoms with Crippen LogP contribution in [0.1, 0.15) is 41.7 Å². The van der Waals surface area contributed by atoms with Crippen LogP contribution in [0.5, 0.6) is 0 Å². The molecule has 1 aromatic carbocycles. The van der Waals surface area contributed by atoms with E-state index in [1.54, 1.807) is 4.90 Å². The molecule has 1 aliphatic rings. The average molecular weight is 377 g/mol. The Labute approximate surface area is 155 Å². The third-order valence-corrected chi connectivity index (χ3v) is 4.69. The number of ether oxygens (including phenoxy) is 1. The normalized spacial score (nSPS) is 13.9. The van der Waals surface area contributed by atoms with Crippen LogP contribution in [0.3, 0.4) is 0 Å². The van der Waals surface area contributed by atoms with Gasteiger partial charge in [-0.2, -0.15) is 0 Å². The summed E-state index contributed by atoms with van der Waals surface area (Å²) in [5, 5.41) is 3.13. The van der Waals surface area contributed by atoms with Gasteiger partial charge in [0.2, 0.25) is 0 Å². The van der Waals surface area contributed by atoms with Crippen molar-refractivity contribution in [1.82, 2.24) is 9.88 Å². The number of carbonyl (C=O) groups excluding carboxylic acids is 2. The molecular formula is C18H20FN3O3S. The minimum Gasteiger partial charge on any atom is -0.444 e. The number of halogens is 1. The van der Waals surface area contributed by atoms with E-state index in [0.717, 1.165) is 10.6 Å². The van der Waals surface area contributed by atoms with Crippen LogP contribution >= 0.6 is 11.3 Å². The van der Waals surface area contributed by atoms with Crippen LogP contribution in [0.2, 0.25) is 0 Å². The van der Waals surface area contributed by atoms with Crippen LogP contribution in [-0.4, -0.2) is 34.0 Å². The van der Waals surface area contributed by atoms with Crippen LogP contribution in [0.25, 0.3) is 0 Å². The molecule has 8 heteroatoms.